The Morgan fingerprint density at radius 2 is 2.44 bits per heavy atom. The first-order valence-corrected chi connectivity index (χ1v) is 5.71. The highest BCUT2D eigenvalue weighted by atomic mass is 35.5. The molecule has 0 aromatic carbocycles. The summed E-state index contributed by atoms with van der Waals surface area (Å²) >= 11 is 5.88. The van der Waals surface area contributed by atoms with Crippen LogP contribution < -0.4 is 5.73 Å². The lowest BCUT2D eigenvalue weighted by atomic mass is 10.1. The van der Waals surface area contributed by atoms with E-state index in [1.807, 2.05) is 0 Å². The van der Waals surface area contributed by atoms with Gasteiger partial charge in [0.15, 0.2) is 0 Å². The number of pyridine rings is 1. The van der Waals surface area contributed by atoms with Crippen LogP contribution in [0.4, 0.5) is 0 Å². The predicted octanol–water partition coefficient (Wildman–Crippen LogP) is 1.30. The summed E-state index contributed by atoms with van der Waals surface area (Å²) in [6.45, 7) is 1.35. The minimum absolute atomic E-state index is 0.0757. The quantitative estimate of drug-likeness (QED) is 0.752. The summed E-state index contributed by atoms with van der Waals surface area (Å²) in [5, 5.41) is 0.256. The monoisotopic (exact) mass is 239 g/mol. The summed E-state index contributed by atoms with van der Waals surface area (Å²) in [6.07, 6.45) is 3.50. The number of likely N-dealkylation sites (tertiary alicyclic amines) is 1. The molecule has 1 aromatic rings. The second kappa shape index (κ2) is 4.80. The highest BCUT2D eigenvalue weighted by Crippen LogP contribution is 2.17. The van der Waals surface area contributed by atoms with Gasteiger partial charge in [0.1, 0.15) is 5.15 Å². The molecule has 86 valence electrons. The van der Waals surface area contributed by atoms with Gasteiger partial charge in [-0.1, -0.05) is 11.6 Å². The molecule has 0 radical (unpaired) electrons. The number of nitrogens with two attached hydrogens (primary N) is 1. The summed E-state index contributed by atoms with van der Waals surface area (Å²) in [4.78, 5) is 17.8. The van der Waals surface area contributed by atoms with Gasteiger partial charge < -0.3 is 10.6 Å². The SMILES string of the molecule is N[C@@H]1CCCN(C(=O)c2cccnc2Cl)C1. The zero-order valence-electron chi connectivity index (χ0n) is 8.90. The van der Waals surface area contributed by atoms with Crippen molar-refractivity contribution in [1.29, 1.82) is 0 Å². The van der Waals surface area contributed by atoms with E-state index in [0.717, 1.165) is 19.4 Å². The average molecular weight is 240 g/mol. The fourth-order valence-electron chi connectivity index (χ4n) is 1.91. The average Bonchev–Trinajstić information content (AvgIpc) is 2.29. The van der Waals surface area contributed by atoms with E-state index in [2.05, 4.69) is 4.98 Å². The molecule has 1 amide bonds. The Morgan fingerprint density at radius 1 is 1.62 bits per heavy atom. The van der Waals surface area contributed by atoms with Crippen LogP contribution in [0.2, 0.25) is 5.15 Å². The molecule has 4 nitrogen and oxygen atoms in total. The molecule has 0 unspecified atom stereocenters. The topological polar surface area (TPSA) is 59.2 Å². The van der Waals surface area contributed by atoms with Crippen molar-refractivity contribution in [3.63, 3.8) is 0 Å². The molecule has 1 aliphatic rings. The van der Waals surface area contributed by atoms with Gasteiger partial charge in [0.25, 0.3) is 5.91 Å². The molecule has 0 aliphatic carbocycles. The minimum atomic E-state index is -0.0757. The summed E-state index contributed by atoms with van der Waals surface area (Å²) in [5.41, 5.74) is 6.29. The number of hydrogen-bond acceptors (Lipinski definition) is 3. The van der Waals surface area contributed by atoms with Gasteiger partial charge in [-0.3, -0.25) is 4.79 Å². The first kappa shape index (κ1) is 11.4. The van der Waals surface area contributed by atoms with E-state index in [0.29, 0.717) is 12.1 Å². The Balaban J connectivity index is 2.16. The molecule has 2 N–H and O–H groups in total. The van der Waals surface area contributed by atoms with Crippen molar-refractivity contribution in [2.75, 3.05) is 13.1 Å². The smallest absolute Gasteiger partial charge is 0.257 e. The number of aromatic nitrogens is 1. The number of hydrogen-bond donors (Lipinski definition) is 1. The maximum absolute atomic E-state index is 12.1. The van der Waals surface area contributed by atoms with E-state index in [1.165, 1.54) is 0 Å². The van der Waals surface area contributed by atoms with Gasteiger partial charge in [-0.25, -0.2) is 4.98 Å². The van der Waals surface area contributed by atoms with Crippen LogP contribution in [0, 0.1) is 0 Å². The van der Waals surface area contributed by atoms with Gasteiger partial charge in [0.05, 0.1) is 5.56 Å². The zero-order chi connectivity index (χ0) is 11.5. The number of carbonyl (C=O) groups excluding carboxylic acids is 1. The van der Waals surface area contributed by atoms with Crippen LogP contribution in [-0.2, 0) is 0 Å². The van der Waals surface area contributed by atoms with E-state index >= 15 is 0 Å². The Morgan fingerprint density at radius 3 is 3.12 bits per heavy atom. The number of nitrogens with zero attached hydrogens (tertiary/aromatic N) is 2. The highest BCUT2D eigenvalue weighted by molar-refractivity contribution is 6.32. The molecule has 0 bridgehead atoms. The number of halogens is 1. The van der Waals surface area contributed by atoms with Crippen molar-refractivity contribution in [2.24, 2.45) is 5.73 Å². The molecule has 1 aromatic heterocycles. The van der Waals surface area contributed by atoms with Gasteiger partial charge in [-0.15, -0.1) is 0 Å². The third kappa shape index (κ3) is 2.33. The van der Waals surface area contributed by atoms with Gasteiger partial charge in [0, 0.05) is 25.3 Å². The first-order chi connectivity index (χ1) is 7.68. The molecule has 1 aliphatic heterocycles. The molecule has 0 saturated carbocycles. The molecule has 16 heavy (non-hydrogen) atoms. The van der Waals surface area contributed by atoms with Crippen LogP contribution in [0.1, 0.15) is 23.2 Å². The fraction of sp³-hybridized carbons (Fsp3) is 0.455. The number of amides is 1. The van der Waals surface area contributed by atoms with E-state index in [1.54, 1.807) is 23.2 Å². The molecule has 1 atom stereocenters. The largest absolute Gasteiger partial charge is 0.337 e. The van der Waals surface area contributed by atoms with Gasteiger partial charge in [-0.2, -0.15) is 0 Å². The van der Waals surface area contributed by atoms with Crippen LogP contribution in [-0.4, -0.2) is 34.9 Å². The van der Waals surface area contributed by atoms with Crippen LogP contribution in [0.3, 0.4) is 0 Å². The van der Waals surface area contributed by atoms with Crippen LogP contribution in [0.25, 0.3) is 0 Å². The van der Waals surface area contributed by atoms with E-state index < -0.39 is 0 Å². The normalized spacial score (nSPS) is 20.9. The zero-order valence-corrected chi connectivity index (χ0v) is 9.65. The summed E-state index contributed by atoms with van der Waals surface area (Å²) in [7, 11) is 0. The van der Waals surface area contributed by atoms with E-state index in [9.17, 15) is 4.79 Å². The maximum Gasteiger partial charge on any atom is 0.257 e. The fourth-order valence-corrected chi connectivity index (χ4v) is 2.11. The Kier molecular flexibility index (Phi) is 3.41. The van der Waals surface area contributed by atoms with E-state index in [4.69, 9.17) is 17.3 Å². The van der Waals surface area contributed by atoms with Crippen molar-refractivity contribution >= 4 is 17.5 Å². The molecule has 1 saturated heterocycles. The molecule has 2 rings (SSSR count). The van der Waals surface area contributed by atoms with Crippen molar-refractivity contribution in [3.05, 3.63) is 29.0 Å². The van der Waals surface area contributed by atoms with Crippen LogP contribution in [0.5, 0.6) is 0 Å². The second-order valence-electron chi connectivity index (χ2n) is 4.00. The molecule has 2 heterocycles. The third-order valence-electron chi connectivity index (χ3n) is 2.73. The number of piperidine rings is 1. The lowest BCUT2D eigenvalue weighted by Crippen LogP contribution is -2.45. The van der Waals surface area contributed by atoms with Crippen molar-refractivity contribution in [2.45, 2.75) is 18.9 Å². The summed E-state index contributed by atoms with van der Waals surface area (Å²) in [5.74, 6) is -0.0757. The summed E-state index contributed by atoms with van der Waals surface area (Å²) < 4.78 is 0. The Hall–Kier alpha value is -1.13. The van der Waals surface area contributed by atoms with E-state index in [-0.39, 0.29) is 17.1 Å². The Bertz CT molecular complexity index is 397. The maximum atomic E-state index is 12.1. The molecule has 0 spiro atoms. The van der Waals surface area contributed by atoms with Crippen molar-refractivity contribution in [1.82, 2.24) is 9.88 Å². The standard InChI is InChI=1S/C11H14ClN3O/c12-10-9(4-1-5-14-10)11(16)15-6-2-3-8(13)7-15/h1,4-5,8H,2-3,6-7,13H2/t8-/m1/s1. The first-order valence-electron chi connectivity index (χ1n) is 5.34. The molecular weight excluding hydrogens is 226 g/mol. The van der Waals surface area contributed by atoms with Crippen LogP contribution in [0.15, 0.2) is 18.3 Å². The van der Waals surface area contributed by atoms with Gasteiger partial charge in [0.2, 0.25) is 0 Å². The van der Waals surface area contributed by atoms with Crippen molar-refractivity contribution in [3.8, 4) is 0 Å². The lowest BCUT2D eigenvalue weighted by Gasteiger charge is -2.30. The lowest BCUT2D eigenvalue weighted by molar-refractivity contribution is 0.0708. The van der Waals surface area contributed by atoms with Crippen molar-refractivity contribution < 1.29 is 4.79 Å². The van der Waals surface area contributed by atoms with Gasteiger partial charge >= 0.3 is 0 Å². The third-order valence-corrected chi connectivity index (χ3v) is 3.04. The Labute approximate surface area is 99.4 Å². The second-order valence-corrected chi connectivity index (χ2v) is 4.35. The van der Waals surface area contributed by atoms with Crippen LogP contribution >= 0.6 is 11.6 Å². The predicted molar refractivity (Wildman–Crippen MR) is 62.4 cm³/mol. The highest BCUT2D eigenvalue weighted by Gasteiger charge is 2.23. The molecular formula is C11H14ClN3O. The number of rotatable bonds is 1. The minimum Gasteiger partial charge on any atom is -0.337 e. The summed E-state index contributed by atoms with van der Waals surface area (Å²) in [6, 6.07) is 3.48. The van der Waals surface area contributed by atoms with Gasteiger partial charge in [-0.05, 0) is 25.0 Å². The molecule has 5 heteroatoms. The number of carbonyl (C=O) groups is 1. The molecule has 1 fully saturated rings.